The molecule has 1 fully saturated rings. The predicted molar refractivity (Wildman–Crippen MR) is 62.9 cm³/mol. The van der Waals surface area contributed by atoms with Crippen LogP contribution in [0.1, 0.15) is 27.2 Å². The number of carbonyl (C=O) groups is 1. The lowest BCUT2D eigenvalue weighted by molar-refractivity contribution is -0.125. The lowest BCUT2D eigenvalue weighted by atomic mass is 10.2. The Morgan fingerprint density at radius 2 is 2.00 bits per heavy atom. The highest BCUT2D eigenvalue weighted by atomic mass is 16.5. The first-order chi connectivity index (χ1) is 7.63. The van der Waals surface area contributed by atoms with Crippen molar-refractivity contribution in [3.8, 4) is 0 Å². The van der Waals surface area contributed by atoms with E-state index in [1.54, 1.807) is 0 Å². The van der Waals surface area contributed by atoms with Crippen molar-refractivity contribution in [3.63, 3.8) is 0 Å². The van der Waals surface area contributed by atoms with Gasteiger partial charge in [-0.15, -0.1) is 0 Å². The molecule has 0 aromatic carbocycles. The Kier molecular flexibility index (Phi) is 5.73. The van der Waals surface area contributed by atoms with E-state index in [1.165, 1.54) is 0 Å². The van der Waals surface area contributed by atoms with Crippen LogP contribution in [-0.4, -0.2) is 49.3 Å². The average Bonchev–Trinajstić information content (AvgIpc) is 2.30. The first-order valence-corrected chi connectivity index (χ1v) is 6.02. The van der Waals surface area contributed by atoms with Crippen molar-refractivity contribution in [2.24, 2.45) is 0 Å². The van der Waals surface area contributed by atoms with Gasteiger partial charge in [-0.25, -0.2) is 10.4 Å². The lowest BCUT2D eigenvalue weighted by Crippen LogP contribution is -2.54. The highest BCUT2D eigenvalue weighted by Crippen LogP contribution is 1.96. The maximum atomic E-state index is 11.8. The van der Waals surface area contributed by atoms with Crippen LogP contribution < -0.4 is 10.7 Å². The zero-order valence-electron chi connectivity index (χ0n) is 10.5. The molecule has 94 valence electrons. The van der Waals surface area contributed by atoms with Gasteiger partial charge in [-0.05, 0) is 20.3 Å². The van der Waals surface area contributed by atoms with Crippen LogP contribution in [0, 0.1) is 0 Å². The normalized spacial score (nSPS) is 21.4. The topological polar surface area (TPSA) is 53.6 Å². The minimum Gasteiger partial charge on any atom is -0.379 e. The van der Waals surface area contributed by atoms with Crippen LogP contribution in [-0.2, 0) is 9.53 Å². The molecule has 0 radical (unpaired) electrons. The molecule has 5 heteroatoms. The molecule has 1 aliphatic rings. The Morgan fingerprint density at radius 1 is 1.38 bits per heavy atom. The maximum Gasteiger partial charge on any atom is 0.238 e. The summed E-state index contributed by atoms with van der Waals surface area (Å²) in [6.45, 7) is 9.08. The highest BCUT2D eigenvalue weighted by molar-refractivity contribution is 5.81. The number of hydrogen-bond donors (Lipinski definition) is 2. The Balaban J connectivity index is 2.27. The molecule has 0 bridgehead atoms. The van der Waals surface area contributed by atoms with E-state index in [2.05, 4.69) is 17.7 Å². The number of carbonyl (C=O) groups excluding carboxylic acids is 1. The lowest BCUT2D eigenvalue weighted by Gasteiger charge is -2.30. The average molecular weight is 229 g/mol. The van der Waals surface area contributed by atoms with Gasteiger partial charge in [-0.2, -0.15) is 0 Å². The molecule has 1 rings (SSSR count). The molecule has 0 saturated carbocycles. The van der Waals surface area contributed by atoms with Crippen molar-refractivity contribution in [3.05, 3.63) is 0 Å². The zero-order valence-corrected chi connectivity index (χ0v) is 10.5. The summed E-state index contributed by atoms with van der Waals surface area (Å²) in [7, 11) is 0. The zero-order chi connectivity index (χ0) is 12.0. The summed E-state index contributed by atoms with van der Waals surface area (Å²) < 4.78 is 5.24. The van der Waals surface area contributed by atoms with E-state index in [1.807, 2.05) is 18.9 Å². The smallest absolute Gasteiger partial charge is 0.238 e. The minimum absolute atomic E-state index is 0.0563. The van der Waals surface area contributed by atoms with E-state index >= 15 is 0 Å². The second-order valence-electron chi connectivity index (χ2n) is 4.27. The Bertz CT molecular complexity index is 217. The summed E-state index contributed by atoms with van der Waals surface area (Å²) >= 11 is 0. The molecule has 1 amide bonds. The summed E-state index contributed by atoms with van der Waals surface area (Å²) in [6, 6.07) is 0.0496. The Morgan fingerprint density at radius 3 is 2.56 bits per heavy atom. The molecule has 0 aromatic rings. The van der Waals surface area contributed by atoms with Gasteiger partial charge in [-0.3, -0.25) is 4.79 Å². The van der Waals surface area contributed by atoms with Crippen LogP contribution in [0.4, 0.5) is 0 Å². The van der Waals surface area contributed by atoms with Crippen molar-refractivity contribution in [1.29, 1.82) is 0 Å². The second-order valence-corrected chi connectivity index (χ2v) is 4.27. The summed E-state index contributed by atoms with van der Waals surface area (Å²) in [4.78, 5) is 11.8. The Hall–Kier alpha value is -0.650. The molecule has 2 unspecified atom stereocenters. The fourth-order valence-electron chi connectivity index (χ4n) is 1.49. The van der Waals surface area contributed by atoms with E-state index in [-0.39, 0.29) is 18.0 Å². The van der Waals surface area contributed by atoms with E-state index in [0.29, 0.717) is 0 Å². The first-order valence-electron chi connectivity index (χ1n) is 6.02. The largest absolute Gasteiger partial charge is 0.379 e. The molecule has 1 saturated heterocycles. The number of hydrazine groups is 1. The predicted octanol–water partition coefficient (Wildman–Crippen LogP) is 0.126. The number of nitrogens with one attached hydrogen (secondary N) is 2. The number of nitrogens with zero attached hydrogens (tertiary/aromatic N) is 1. The molecule has 1 heterocycles. The van der Waals surface area contributed by atoms with Crippen LogP contribution in [0.25, 0.3) is 0 Å². The quantitative estimate of drug-likeness (QED) is 0.703. The number of hydrogen-bond acceptors (Lipinski definition) is 4. The third kappa shape index (κ3) is 4.47. The van der Waals surface area contributed by atoms with Gasteiger partial charge in [0.1, 0.15) is 0 Å². The molecule has 1 aliphatic heterocycles. The van der Waals surface area contributed by atoms with Crippen molar-refractivity contribution in [2.75, 3.05) is 26.3 Å². The number of amides is 1. The van der Waals surface area contributed by atoms with Gasteiger partial charge < -0.3 is 10.1 Å². The second kappa shape index (κ2) is 6.83. The van der Waals surface area contributed by atoms with Gasteiger partial charge >= 0.3 is 0 Å². The van der Waals surface area contributed by atoms with Gasteiger partial charge in [0, 0.05) is 19.1 Å². The third-order valence-corrected chi connectivity index (χ3v) is 2.78. The van der Waals surface area contributed by atoms with Crippen molar-refractivity contribution < 1.29 is 9.53 Å². The van der Waals surface area contributed by atoms with E-state index in [4.69, 9.17) is 4.74 Å². The number of ether oxygens (including phenoxy) is 1. The summed E-state index contributed by atoms with van der Waals surface area (Å²) in [5.74, 6) is 0.0563. The van der Waals surface area contributed by atoms with E-state index in [0.717, 1.165) is 32.7 Å². The standard InChI is InChI=1S/C11H23N3O2/c1-4-9(2)12-11(15)10(3)13-14-5-7-16-8-6-14/h9-10,13H,4-8H2,1-3H3,(H,12,15). The van der Waals surface area contributed by atoms with Crippen molar-refractivity contribution in [1.82, 2.24) is 15.8 Å². The summed E-state index contributed by atoms with van der Waals surface area (Å²) in [6.07, 6.45) is 0.954. The highest BCUT2D eigenvalue weighted by Gasteiger charge is 2.18. The Labute approximate surface area is 97.5 Å². The third-order valence-electron chi connectivity index (χ3n) is 2.78. The molecular formula is C11H23N3O2. The molecule has 0 aromatic heterocycles. The molecule has 16 heavy (non-hydrogen) atoms. The monoisotopic (exact) mass is 229 g/mol. The molecule has 5 nitrogen and oxygen atoms in total. The van der Waals surface area contributed by atoms with Crippen LogP contribution in [0.5, 0.6) is 0 Å². The van der Waals surface area contributed by atoms with Crippen molar-refractivity contribution >= 4 is 5.91 Å². The molecule has 0 spiro atoms. The van der Waals surface area contributed by atoms with Crippen molar-refractivity contribution in [2.45, 2.75) is 39.3 Å². The van der Waals surface area contributed by atoms with Crippen LogP contribution in [0.2, 0.25) is 0 Å². The minimum atomic E-state index is -0.188. The van der Waals surface area contributed by atoms with Gasteiger partial charge in [0.05, 0.1) is 19.3 Å². The van der Waals surface area contributed by atoms with Crippen LogP contribution in [0.15, 0.2) is 0 Å². The van der Waals surface area contributed by atoms with Crippen LogP contribution in [0.3, 0.4) is 0 Å². The molecular weight excluding hydrogens is 206 g/mol. The SMILES string of the molecule is CCC(C)NC(=O)C(C)NN1CCOCC1. The molecule has 0 aliphatic carbocycles. The first kappa shape index (κ1) is 13.4. The molecule has 2 N–H and O–H groups in total. The fourth-order valence-corrected chi connectivity index (χ4v) is 1.49. The van der Waals surface area contributed by atoms with Gasteiger partial charge in [-0.1, -0.05) is 6.92 Å². The fraction of sp³-hybridized carbons (Fsp3) is 0.909. The van der Waals surface area contributed by atoms with Gasteiger partial charge in [0.2, 0.25) is 5.91 Å². The summed E-state index contributed by atoms with van der Waals surface area (Å²) in [5.41, 5.74) is 3.19. The van der Waals surface area contributed by atoms with E-state index < -0.39 is 0 Å². The van der Waals surface area contributed by atoms with Crippen LogP contribution >= 0.6 is 0 Å². The number of rotatable bonds is 5. The molecule has 2 atom stereocenters. The van der Waals surface area contributed by atoms with Gasteiger partial charge in [0.25, 0.3) is 0 Å². The van der Waals surface area contributed by atoms with Gasteiger partial charge in [0.15, 0.2) is 0 Å². The summed E-state index contributed by atoms with van der Waals surface area (Å²) in [5, 5.41) is 5.01. The number of morpholine rings is 1. The maximum absolute atomic E-state index is 11.8. The van der Waals surface area contributed by atoms with E-state index in [9.17, 15) is 4.79 Å².